The fourth-order valence-electron chi connectivity index (χ4n) is 2.61. The molecule has 1 atom stereocenters. The Labute approximate surface area is 148 Å². The second-order valence-corrected chi connectivity index (χ2v) is 6.54. The second kappa shape index (κ2) is 6.82. The number of nitrogens with one attached hydrogen (secondary N) is 1. The topological polar surface area (TPSA) is 72.7 Å². The number of carbonyl (C=O) groups is 1. The van der Waals surface area contributed by atoms with Crippen LogP contribution in [-0.2, 0) is 6.54 Å². The van der Waals surface area contributed by atoms with Crippen LogP contribution in [0.1, 0.15) is 21.4 Å². The number of nitrogens with zero attached hydrogens (tertiary/aromatic N) is 4. The maximum atomic E-state index is 12.7. The van der Waals surface area contributed by atoms with Crippen molar-refractivity contribution >= 4 is 27.5 Å². The van der Waals surface area contributed by atoms with Gasteiger partial charge in [0.1, 0.15) is 0 Å². The Bertz CT molecular complexity index is 948. The minimum Gasteiger partial charge on any atom is -0.341 e. The van der Waals surface area contributed by atoms with E-state index in [2.05, 4.69) is 20.5 Å². The molecule has 25 heavy (non-hydrogen) atoms. The predicted molar refractivity (Wildman–Crippen MR) is 96.3 cm³/mol. The van der Waals surface area contributed by atoms with Gasteiger partial charge < -0.3 is 5.32 Å². The zero-order chi connectivity index (χ0) is 17.1. The molecule has 1 N–H and O–H groups in total. The number of amides is 1. The third-order valence-corrected chi connectivity index (χ3v) is 4.84. The van der Waals surface area contributed by atoms with Crippen LogP contribution in [0.2, 0.25) is 0 Å². The number of thiazole rings is 1. The third kappa shape index (κ3) is 3.41. The highest BCUT2D eigenvalue weighted by Gasteiger charge is 2.19. The van der Waals surface area contributed by atoms with Crippen molar-refractivity contribution in [3.63, 3.8) is 0 Å². The molecule has 2 aromatic carbocycles. The van der Waals surface area contributed by atoms with Crippen LogP contribution in [0.5, 0.6) is 0 Å². The van der Waals surface area contributed by atoms with Gasteiger partial charge in [-0.2, -0.15) is 15.0 Å². The monoisotopic (exact) mass is 349 g/mol. The van der Waals surface area contributed by atoms with Gasteiger partial charge in [0.2, 0.25) is 0 Å². The SMILES string of the molecule is O=C(N[C@H](Cn1nccn1)c1ccccc1)c1nc2ccccc2s1. The van der Waals surface area contributed by atoms with Crippen molar-refractivity contribution in [2.75, 3.05) is 0 Å². The molecule has 0 unspecified atom stereocenters. The van der Waals surface area contributed by atoms with Crippen LogP contribution in [0.3, 0.4) is 0 Å². The highest BCUT2D eigenvalue weighted by atomic mass is 32.1. The Morgan fingerprint density at radius 3 is 2.52 bits per heavy atom. The Hall–Kier alpha value is -3.06. The fraction of sp³-hybridized carbons (Fsp3) is 0.111. The molecule has 4 aromatic rings. The van der Waals surface area contributed by atoms with E-state index in [0.29, 0.717) is 11.6 Å². The Morgan fingerprint density at radius 2 is 1.76 bits per heavy atom. The van der Waals surface area contributed by atoms with Crippen LogP contribution in [0.25, 0.3) is 10.2 Å². The average molecular weight is 349 g/mol. The maximum Gasteiger partial charge on any atom is 0.280 e. The van der Waals surface area contributed by atoms with Crippen molar-refractivity contribution in [2.24, 2.45) is 0 Å². The summed E-state index contributed by atoms with van der Waals surface area (Å²) in [5.74, 6) is -0.192. The predicted octanol–water partition coefficient (Wildman–Crippen LogP) is 3.06. The van der Waals surface area contributed by atoms with E-state index in [9.17, 15) is 4.79 Å². The van der Waals surface area contributed by atoms with E-state index in [1.165, 1.54) is 11.3 Å². The molecule has 2 heterocycles. The molecular weight excluding hydrogens is 334 g/mol. The van der Waals surface area contributed by atoms with Crippen LogP contribution < -0.4 is 5.32 Å². The Morgan fingerprint density at radius 1 is 1.04 bits per heavy atom. The molecule has 0 saturated heterocycles. The van der Waals surface area contributed by atoms with Gasteiger partial charge in [-0.15, -0.1) is 11.3 Å². The summed E-state index contributed by atoms with van der Waals surface area (Å²) in [7, 11) is 0. The van der Waals surface area contributed by atoms with E-state index < -0.39 is 0 Å². The van der Waals surface area contributed by atoms with Crippen molar-refractivity contribution < 1.29 is 4.79 Å². The largest absolute Gasteiger partial charge is 0.341 e. The molecule has 0 fully saturated rings. The lowest BCUT2D eigenvalue weighted by Gasteiger charge is -2.18. The summed E-state index contributed by atoms with van der Waals surface area (Å²) in [6, 6.07) is 17.3. The summed E-state index contributed by atoms with van der Waals surface area (Å²) in [5.41, 5.74) is 1.83. The van der Waals surface area contributed by atoms with Gasteiger partial charge in [-0.25, -0.2) is 4.98 Å². The minimum atomic E-state index is -0.242. The number of hydrogen-bond donors (Lipinski definition) is 1. The molecular formula is C18H15N5OS. The van der Waals surface area contributed by atoms with Crippen LogP contribution in [0, 0.1) is 0 Å². The van der Waals surface area contributed by atoms with Gasteiger partial charge in [0.15, 0.2) is 5.01 Å². The van der Waals surface area contributed by atoms with Gasteiger partial charge in [0.25, 0.3) is 5.91 Å². The molecule has 0 spiro atoms. The van der Waals surface area contributed by atoms with Crippen molar-refractivity contribution in [1.82, 2.24) is 25.3 Å². The number of carbonyl (C=O) groups excluding carboxylic acids is 1. The molecule has 4 rings (SSSR count). The molecule has 0 bridgehead atoms. The van der Waals surface area contributed by atoms with Gasteiger partial charge in [-0.1, -0.05) is 42.5 Å². The van der Waals surface area contributed by atoms with Gasteiger partial charge >= 0.3 is 0 Å². The van der Waals surface area contributed by atoms with Gasteiger partial charge in [-0.3, -0.25) is 4.79 Å². The molecule has 7 heteroatoms. The van der Waals surface area contributed by atoms with E-state index in [-0.39, 0.29) is 11.9 Å². The number of para-hydroxylation sites is 1. The standard InChI is InChI=1S/C18H15N5OS/c24-17(18-22-14-8-4-5-9-16(14)25-18)21-15(12-23-19-10-11-20-23)13-6-2-1-3-7-13/h1-11,15H,12H2,(H,21,24)/t15-/m1/s1. The number of aromatic nitrogens is 4. The summed E-state index contributed by atoms with van der Waals surface area (Å²) in [6.07, 6.45) is 3.24. The van der Waals surface area contributed by atoms with Crippen molar-refractivity contribution in [2.45, 2.75) is 12.6 Å². The quantitative estimate of drug-likeness (QED) is 0.601. The van der Waals surface area contributed by atoms with Crippen LogP contribution in [-0.4, -0.2) is 25.9 Å². The van der Waals surface area contributed by atoms with E-state index in [4.69, 9.17) is 0 Å². The summed E-state index contributed by atoms with van der Waals surface area (Å²) in [5, 5.41) is 11.8. The molecule has 124 valence electrons. The lowest BCUT2D eigenvalue weighted by molar-refractivity contribution is 0.0930. The van der Waals surface area contributed by atoms with Crippen molar-refractivity contribution in [1.29, 1.82) is 0 Å². The van der Waals surface area contributed by atoms with E-state index in [0.717, 1.165) is 15.8 Å². The summed E-state index contributed by atoms with van der Waals surface area (Å²) in [4.78, 5) is 18.7. The van der Waals surface area contributed by atoms with E-state index in [1.807, 2.05) is 54.6 Å². The van der Waals surface area contributed by atoms with Gasteiger partial charge in [-0.05, 0) is 17.7 Å². The first kappa shape index (κ1) is 15.5. The summed E-state index contributed by atoms with van der Waals surface area (Å²) >= 11 is 1.39. The molecule has 0 aliphatic carbocycles. The lowest BCUT2D eigenvalue weighted by atomic mass is 10.1. The number of rotatable bonds is 5. The van der Waals surface area contributed by atoms with Gasteiger partial charge in [0, 0.05) is 0 Å². The summed E-state index contributed by atoms with van der Waals surface area (Å²) in [6.45, 7) is 0.452. The first-order valence-corrected chi connectivity index (χ1v) is 8.67. The molecule has 0 aliphatic heterocycles. The summed E-state index contributed by atoms with van der Waals surface area (Å²) < 4.78 is 0.998. The zero-order valence-electron chi connectivity index (χ0n) is 13.2. The molecule has 6 nitrogen and oxygen atoms in total. The minimum absolute atomic E-state index is 0.192. The normalized spacial score (nSPS) is 12.2. The molecule has 1 amide bonds. The third-order valence-electron chi connectivity index (χ3n) is 3.81. The fourth-order valence-corrected chi connectivity index (χ4v) is 3.48. The van der Waals surface area contributed by atoms with Crippen LogP contribution in [0.15, 0.2) is 67.0 Å². The zero-order valence-corrected chi connectivity index (χ0v) is 14.1. The van der Waals surface area contributed by atoms with Gasteiger partial charge in [0.05, 0.1) is 35.2 Å². The van der Waals surface area contributed by atoms with E-state index in [1.54, 1.807) is 17.2 Å². The van der Waals surface area contributed by atoms with Crippen molar-refractivity contribution in [3.8, 4) is 0 Å². The Kier molecular flexibility index (Phi) is 4.22. The highest BCUT2D eigenvalue weighted by molar-refractivity contribution is 7.20. The van der Waals surface area contributed by atoms with Crippen LogP contribution in [0.4, 0.5) is 0 Å². The van der Waals surface area contributed by atoms with Crippen LogP contribution >= 0.6 is 11.3 Å². The van der Waals surface area contributed by atoms with Crippen molar-refractivity contribution in [3.05, 3.63) is 77.6 Å². The molecule has 0 aliphatic rings. The smallest absolute Gasteiger partial charge is 0.280 e. The Balaban J connectivity index is 1.60. The molecule has 2 aromatic heterocycles. The average Bonchev–Trinajstić information content (AvgIpc) is 3.31. The second-order valence-electron chi connectivity index (χ2n) is 5.51. The first-order valence-electron chi connectivity index (χ1n) is 7.85. The number of fused-ring (bicyclic) bond motifs is 1. The highest BCUT2D eigenvalue weighted by Crippen LogP contribution is 2.22. The lowest BCUT2D eigenvalue weighted by Crippen LogP contribution is -2.32. The number of hydrogen-bond acceptors (Lipinski definition) is 5. The molecule has 0 saturated carbocycles. The number of benzene rings is 2. The molecule has 0 radical (unpaired) electrons. The maximum absolute atomic E-state index is 12.7. The van der Waals surface area contributed by atoms with E-state index >= 15 is 0 Å². The first-order chi connectivity index (χ1) is 12.3.